The van der Waals surface area contributed by atoms with E-state index in [1.54, 1.807) is 0 Å². The van der Waals surface area contributed by atoms with Gasteiger partial charge in [-0.3, -0.25) is 4.79 Å². The number of aliphatic hydroxyl groups is 3. The van der Waals surface area contributed by atoms with Crippen LogP contribution in [-0.2, 0) is 9.53 Å². The summed E-state index contributed by atoms with van der Waals surface area (Å²) in [6.07, 6.45) is 15.3. The Bertz CT molecular complexity index is 551. The Balaban J connectivity index is 2.28. The van der Waals surface area contributed by atoms with E-state index in [9.17, 15) is 20.1 Å². The number of aliphatic carboxylic acids is 1. The lowest BCUT2D eigenvalue weighted by molar-refractivity contribution is -0.136. The highest BCUT2D eigenvalue weighted by molar-refractivity contribution is 5.66. The predicted octanol–water partition coefficient (Wildman–Crippen LogP) is 2.90. The highest BCUT2D eigenvalue weighted by atomic mass is 16.5. The van der Waals surface area contributed by atoms with Gasteiger partial charge in [0.25, 0.3) is 0 Å². The van der Waals surface area contributed by atoms with Crippen molar-refractivity contribution in [3.05, 3.63) is 48.6 Å². The first kappa shape index (κ1) is 24.3. The lowest BCUT2D eigenvalue weighted by Gasteiger charge is -2.16. The van der Waals surface area contributed by atoms with E-state index in [1.807, 2.05) is 43.4 Å². The summed E-state index contributed by atoms with van der Waals surface area (Å²) in [6, 6.07) is 0. The molecule has 28 heavy (non-hydrogen) atoms. The normalized spacial score (nSPS) is 25.5. The lowest BCUT2D eigenvalue weighted by atomic mass is 10.0. The number of allylic oxidation sites excluding steroid dienone is 4. The summed E-state index contributed by atoms with van der Waals surface area (Å²) in [5.41, 5.74) is 0. The topological polar surface area (TPSA) is 107 Å². The molecule has 0 aromatic carbocycles. The molecule has 1 heterocycles. The van der Waals surface area contributed by atoms with E-state index in [0.29, 0.717) is 32.1 Å². The summed E-state index contributed by atoms with van der Waals surface area (Å²) in [7, 11) is 0. The molecule has 0 aromatic heterocycles. The van der Waals surface area contributed by atoms with Crippen LogP contribution < -0.4 is 0 Å². The second-order valence-electron chi connectivity index (χ2n) is 6.92. The van der Waals surface area contributed by atoms with Crippen LogP contribution in [0.4, 0.5) is 0 Å². The first-order valence-electron chi connectivity index (χ1n) is 9.98. The van der Waals surface area contributed by atoms with Gasteiger partial charge < -0.3 is 25.2 Å². The standard InChI is InChI=1S/C22H34O6/c1-2-3-8-12-20-19(25)16-21(28-20)18(24)15-14-17(23)11-9-6-4-5-7-10-13-22(26)27/h3,5-9,14-15,17-21,23-25H,2,4,10-13,16H2,1H3,(H,26,27)/b7-5-,8-3-,9-6-,15-14+/t17-,18+,19+,20+,21-/m1/s1. The minimum atomic E-state index is -0.870. The molecule has 1 aliphatic rings. The molecule has 0 amide bonds. The molecule has 0 spiro atoms. The summed E-state index contributed by atoms with van der Waals surface area (Å²) in [4.78, 5) is 10.4. The van der Waals surface area contributed by atoms with Crippen molar-refractivity contribution in [2.75, 3.05) is 0 Å². The van der Waals surface area contributed by atoms with Crippen molar-refractivity contribution in [1.29, 1.82) is 0 Å². The van der Waals surface area contributed by atoms with Gasteiger partial charge in [-0.1, -0.05) is 55.5 Å². The van der Waals surface area contributed by atoms with Crippen molar-refractivity contribution in [2.45, 2.75) is 82.4 Å². The molecule has 1 aliphatic heterocycles. The maximum Gasteiger partial charge on any atom is 0.303 e. The number of carbonyl (C=O) groups is 1. The highest BCUT2D eigenvalue weighted by Crippen LogP contribution is 2.26. The zero-order valence-corrected chi connectivity index (χ0v) is 16.6. The summed E-state index contributed by atoms with van der Waals surface area (Å²) in [5.74, 6) is -0.807. The molecule has 0 aliphatic carbocycles. The first-order chi connectivity index (χ1) is 13.4. The minimum Gasteiger partial charge on any atom is -0.481 e. The molecule has 5 atom stereocenters. The van der Waals surface area contributed by atoms with Gasteiger partial charge in [0.05, 0.1) is 30.5 Å². The Kier molecular flexibility index (Phi) is 12.4. The van der Waals surface area contributed by atoms with Gasteiger partial charge in [0.1, 0.15) is 0 Å². The second kappa shape index (κ2) is 14.3. The largest absolute Gasteiger partial charge is 0.481 e. The van der Waals surface area contributed by atoms with Gasteiger partial charge in [-0.25, -0.2) is 0 Å². The van der Waals surface area contributed by atoms with Crippen LogP contribution in [0.25, 0.3) is 0 Å². The van der Waals surface area contributed by atoms with E-state index in [2.05, 4.69) is 0 Å². The third-order valence-electron chi connectivity index (χ3n) is 4.44. The summed E-state index contributed by atoms with van der Waals surface area (Å²) >= 11 is 0. The molecule has 1 rings (SSSR count). The monoisotopic (exact) mass is 394 g/mol. The molecular weight excluding hydrogens is 360 g/mol. The van der Waals surface area contributed by atoms with Crippen molar-refractivity contribution in [2.24, 2.45) is 0 Å². The van der Waals surface area contributed by atoms with Crippen LogP contribution in [-0.4, -0.2) is 56.9 Å². The predicted molar refractivity (Wildman–Crippen MR) is 109 cm³/mol. The summed E-state index contributed by atoms with van der Waals surface area (Å²) < 4.78 is 5.73. The Hall–Kier alpha value is -1.73. The van der Waals surface area contributed by atoms with Gasteiger partial charge in [-0.15, -0.1) is 0 Å². The van der Waals surface area contributed by atoms with Gasteiger partial charge in [0, 0.05) is 12.8 Å². The third-order valence-corrected chi connectivity index (χ3v) is 4.44. The fourth-order valence-electron chi connectivity index (χ4n) is 2.87. The summed E-state index contributed by atoms with van der Waals surface area (Å²) in [5, 5.41) is 38.7. The molecule has 0 bridgehead atoms. The molecular formula is C22H34O6. The van der Waals surface area contributed by atoms with Crippen LogP contribution in [0.1, 0.15) is 51.9 Å². The van der Waals surface area contributed by atoms with Crippen molar-refractivity contribution in [1.82, 2.24) is 0 Å². The van der Waals surface area contributed by atoms with E-state index in [1.165, 1.54) is 12.2 Å². The van der Waals surface area contributed by atoms with Gasteiger partial charge in [0.2, 0.25) is 0 Å². The fourth-order valence-corrected chi connectivity index (χ4v) is 2.87. The Morgan fingerprint density at radius 1 is 1.11 bits per heavy atom. The Morgan fingerprint density at radius 2 is 1.86 bits per heavy atom. The molecule has 6 nitrogen and oxygen atoms in total. The lowest BCUT2D eigenvalue weighted by Crippen LogP contribution is -2.24. The molecule has 6 heteroatoms. The maximum atomic E-state index is 10.4. The van der Waals surface area contributed by atoms with Crippen LogP contribution in [0.5, 0.6) is 0 Å². The van der Waals surface area contributed by atoms with Gasteiger partial charge in [-0.2, -0.15) is 0 Å². The van der Waals surface area contributed by atoms with Gasteiger partial charge >= 0.3 is 5.97 Å². The number of carboxylic acids is 1. The molecule has 158 valence electrons. The van der Waals surface area contributed by atoms with E-state index in [4.69, 9.17) is 9.84 Å². The summed E-state index contributed by atoms with van der Waals surface area (Å²) in [6.45, 7) is 2.04. The maximum absolute atomic E-state index is 10.4. The minimum absolute atomic E-state index is 0.129. The van der Waals surface area contributed by atoms with Crippen molar-refractivity contribution < 1.29 is 30.0 Å². The van der Waals surface area contributed by atoms with Gasteiger partial charge in [-0.05, 0) is 32.1 Å². The first-order valence-corrected chi connectivity index (χ1v) is 9.98. The van der Waals surface area contributed by atoms with Crippen molar-refractivity contribution in [3.8, 4) is 0 Å². The third kappa shape index (κ3) is 10.6. The van der Waals surface area contributed by atoms with Crippen molar-refractivity contribution >= 4 is 5.97 Å². The van der Waals surface area contributed by atoms with Crippen molar-refractivity contribution in [3.63, 3.8) is 0 Å². The number of aliphatic hydroxyl groups excluding tert-OH is 3. The quantitative estimate of drug-likeness (QED) is 0.358. The SMILES string of the molecule is CC/C=C\C[C@@H]1O[C@@H]([C@@H](O)/C=C/[C@H](O)C/C=C\C/C=C\CCC(=O)O)C[C@@H]1O. The molecule has 0 aromatic rings. The molecule has 0 saturated carbocycles. The fraction of sp³-hybridized carbons (Fsp3) is 0.591. The smallest absolute Gasteiger partial charge is 0.303 e. The van der Waals surface area contributed by atoms with E-state index in [0.717, 1.165) is 6.42 Å². The average Bonchev–Trinajstić information content (AvgIpc) is 3.02. The molecule has 0 radical (unpaired) electrons. The molecule has 0 unspecified atom stereocenters. The van der Waals surface area contributed by atoms with Crippen LogP contribution in [0, 0.1) is 0 Å². The van der Waals surface area contributed by atoms with E-state index in [-0.39, 0.29) is 12.5 Å². The highest BCUT2D eigenvalue weighted by Gasteiger charge is 2.36. The van der Waals surface area contributed by atoms with Gasteiger partial charge in [0.15, 0.2) is 0 Å². The average molecular weight is 395 g/mol. The Morgan fingerprint density at radius 3 is 2.57 bits per heavy atom. The van der Waals surface area contributed by atoms with E-state index >= 15 is 0 Å². The number of rotatable bonds is 13. The number of hydrogen-bond donors (Lipinski definition) is 4. The van der Waals surface area contributed by atoms with Crippen LogP contribution in [0.2, 0.25) is 0 Å². The zero-order chi connectivity index (χ0) is 20.8. The number of carboxylic acid groups (broad SMARTS) is 1. The molecule has 4 N–H and O–H groups in total. The number of hydrogen-bond acceptors (Lipinski definition) is 5. The van der Waals surface area contributed by atoms with Crippen LogP contribution >= 0.6 is 0 Å². The zero-order valence-electron chi connectivity index (χ0n) is 16.6. The van der Waals surface area contributed by atoms with E-state index < -0.39 is 30.4 Å². The Labute approximate surface area is 167 Å². The van der Waals surface area contributed by atoms with Crippen LogP contribution in [0.3, 0.4) is 0 Å². The molecule has 1 saturated heterocycles. The second-order valence-corrected chi connectivity index (χ2v) is 6.92. The van der Waals surface area contributed by atoms with Crippen LogP contribution in [0.15, 0.2) is 48.6 Å². The number of ether oxygens (including phenoxy) is 1. The molecule has 1 fully saturated rings.